The molecule has 0 atom stereocenters. The number of nitrogens with zero attached hydrogens (tertiary/aromatic N) is 6. The predicted molar refractivity (Wildman–Crippen MR) is 112 cm³/mol. The molecule has 0 fully saturated rings. The molecule has 148 valence electrons. The summed E-state index contributed by atoms with van der Waals surface area (Å²) in [5.41, 5.74) is 1.64. The molecule has 0 unspecified atom stereocenters. The Hall–Kier alpha value is -2.71. The van der Waals surface area contributed by atoms with Crippen molar-refractivity contribution in [2.45, 2.75) is 37.1 Å². The average Bonchev–Trinajstić information content (AvgIpc) is 3.35. The second-order valence-electron chi connectivity index (χ2n) is 7.39. The zero-order valence-corrected chi connectivity index (χ0v) is 17.8. The normalized spacial score (nSPS) is 11.7. The third-order valence-corrected chi connectivity index (χ3v) is 5.26. The topological polar surface area (TPSA) is 82.5 Å². The van der Waals surface area contributed by atoms with Gasteiger partial charge in [-0.1, -0.05) is 44.1 Å². The van der Waals surface area contributed by atoms with E-state index in [4.69, 9.17) is 16.0 Å². The fourth-order valence-electron chi connectivity index (χ4n) is 2.62. The van der Waals surface area contributed by atoms with Crippen LogP contribution in [0.25, 0.3) is 17.1 Å². The van der Waals surface area contributed by atoms with Gasteiger partial charge in [-0.05, 0) is 36.4 Å². The van der Waals surface area contributed by atoms with Crippen LogP contribution >= 0.6 is 23.4 Å². The Morgan fingerprint density at radius 2 is 1.69 bits per heavy atom. The lowest BCUT2D eigenvalue weighted by molar-refractivity contribution is 0.378. The lowest BCUT2D eigenvalue weighted by Gasteiger charge is -2.11. The second kappa shape index (κ2) is 7.96. The van der Waals surface area contributed by atoms with Gasteiger partial charge in [0, 0.05) is 34.1 Å². The van der Waals surface area contributed by atoms with Gasteiger partial charge in [-0.3, -0.25) is 9.55 Å². The molecule has 0 aliphatic heterocycles. The molecule has 0 spiro atoms. The SMILES string of the molecule is CC(C)(C)c1nnc(CSc2nnc(-c3ccncc3)n2-c2ccc(Cl)cc2)o1. The third kappa shape index (κ3) is 4.33. The smallest absolute Gasteiger partial charge is 0.226 e. The minimum Gasteiger partial charge on any atom is -0.424 e. The van der Waals surface area contributed by atoms with Gasteiger partial charge in [0.15, 0.2) is 11.0 Å². The Morgan fingerprint density at radius 1 is 0.966 bits per heavy atom. The van der Waals surface area contributed by atoms with E-state index < -0.39 is 0 Å². The summed E-state index contributed by atoms with van der Waals surface area (Å²) < 4.78 is 7.78. The molecule has 0 saturated heterocycles. The average molecular weight is 427 g/mol. The summed E-state index contributed by atoms with van der Waals surface area (Å²) in [6, 6.07) is 11.4. The summed E-state index contributed by atoms with van der Waals surface area (Å²) in [5.74, 6) is 2.38. The molecule has 0 aliphatic rings. The highest BCUT2D eigenvalue weighted by Gasteiger charge is 2.22. The Balaban J connectivity index is 1.67. The van der Waals surface area contributed by atoms with Crippen LogP contribution in [0.5, 0.6) is 0 Å². The van der Waals surface area contributed by atoms with Gasteiger partial charge in [0.25, 0.3) is 0 Å². The van der Waals surface area contributed by atoms with E-state index >= 15 is 0 Å². The van der Waals surface area contributed by atoms with Gasteiger partial charge < -0.3 is 4.42 Å². The van der Waals surface area contributed by atoms with E-state index in [0.717, 1.165) is 22.2 Å². The van der Waals surface area contributed by atoms with Crippen molar-refractivity contribution >= 4 is 23.4 Å². The molecule has 0 bridgehead atoms. The van der Waals surface area contributed by atoms with Crippen molar-refractivity contribution in [2.75, 3.05) is 0 Å². The van der Waals surface area contributed by atoms with E-state index in [9.17, 15) is 0 Å². The van der Waals surface area contributed by atoms with Crippen molar-refractivity contribution < 1.29 is 4.42 Å². The van der Waals surface area contributed by atoms with E-state index in [-0.39, 0.29) is 5.41 Å². The monoisotopic (exact) mass is 426 g/mol. The molecule has 7 nitrogen and oxygen atoms in total. The summed E-state index contributed by atoms with van der Waals surface area (Å²) in [4.78, 5) is 4.08. The summed E-state index contributed by atoms with van der Waals surface area (Å²) in [7, 11) is 0. The number of hydrogen-bond acceptors (Lipinski definition) is 7. The highest BCUT2D eigenvalue weighted by molar-refractivity contribution is 7.98. The van der Waals surface area contributed by atoms with Crippen LogP contribution < -0.4 is 0 Å². The molecular formula is C20H19ClN6OS. The molecule has 0 saturated carbocycles. The second-order valence-corrected chi connectivity index (χ2v) is 8.77. The van der Waals surface area contributed by atoms with Crippen molar-refractivity contribution in [1.82, 2.24) is 29.9 Å². The first-order valence-corrected chi connectivity index (χ1v) is 10.4. The van der Waals surface area contributed by atoms with Crippen molar-refractivity contribution in [3.63, 3.8) is 0 Å². The molecule has 0 aliphatic carbocycles. The Morgan fingerprint density at radius 3 is 2.34 bits per heavy atom. The van der Waals surface area contributed by atoms with Crippen LogP contribution in [0.4, 0.5) is 0 Å². The molecule has 3 heterocycles. The zero-order chi connectivity index (χ0) is 20.4. The standard InChI is InChI=1S/C20H19ClN6OS/c1-20(2,3)18-25-23-16(28-18)12-29-19-26-24-17(13-8-10-22-11-9-13)27(19)15-6-4-14(21)5-7-15/h4-11H,12H2,1-3H3. The zero-order valence-electron chi connectivity index (χ0n) is 16.2. The Labute approximate surface area is 177 Å². The highest BCUT2D eigenvalue weighted by Crippen LogP contribution is 2.30. The van der Waals surface area contributed by atoms with E-state index in [2.05, 4.69) is 25.4 Å². The van der Waals surface area contributed by atoms with E-state index in [1.165, 1.54) is 11.8 Å². The summed E-state index contributed by atoms with van der Waals surface area (Å²) >= 11 is 7.55. The molecule has 29 heavy (non-hydrogen) atoms. The maximum absolute atomic E-state index is 6.07. The Kier molecular flexibility index (Phi) is 5.38. The molecular weight excluding hydrogens is 408 g/mol. The minimum absolute atomic E-state index is 0.187. The quantitative estimate of drug-likeness (QED) is 0.417. The largest absolute Gasteiger partial charge is 0.424 e. The third-order valence-electron chi connectivity index (χ3n) is 4.09. The first-order chi connectivity index (χ1) is 13.9. The first kappa shape index (κ1) is 19.6. The summed E-state index contributed by atoms with van der Waals surface area (Å²) in [6.07, 6.45) is 3.46. The predicted octanol–water partition coefficient (Wildman–Crippen LogP) is 4.96. The van der Waals surface area contributed by atoms with Crippen LogP contribution in [0.15, 0.2) is 58.4 Å². The van der Waals surface area contributed by atoms with Crippen molar-refractivity contribution in [2.24, 2.45) is 0 Å². The van der Waals surface area contributed by atoms with Gasteiger partial charge in [-0.25, -0.2) is 0 Å². The fraction of sp³-hybridized carbons (Fsp3) is 0.250. The van der Waals surface area contributed by atoms with Gasteiger partial charge in [0.05, 0.1) is 5.75 Å². The maximum atomic E-state index is 6.07. The number of rotatable bonds is 5. The van der Waals surface area contributed by atoms with Gasteiger partial charge >= 0.3 is 0 Å². The molecule has 0 amide bonds. The number of hydrogen-bond donors (Lipinski definition) is 0. The van der Waals surface area contributed by atoms with Crippen LogP contribution in [0, 0.1) is 0 Å². The van der Waals surface area contributed by atoms with Crippen LogP contribution in [-0.2, 0) is 11.2 Å². The number of pyridine rings is 1. The minimum atomic E-state index is -0.187. The number of benzene rings is 1. The van der Waals surface area contributed by atoms with Crippen LogP contribution in [-0.4, -0.2) is 29.9 Å². The fourth-order valence-corrected chi connectivity index (χ4v) is 3.53. The van der Waals surface area contributed by atoms with Crippen molar-refractivity contribution in [1.29, 1.82) is 0 Å². The van der Waals surface area contributed by atoms with Crippen molar-refractivity contribution in [3.05, 3.63) is 65.6 Å². The molecule has 9 heteroatoms. The van der Waals surface area contributed by atoms with Crippen LogP contribution in [0.3, 0.4) is 0 Å². The Bertz CT molecular complexity index is 1100. The van der Waals surface area contributed by atoms with E-state index in [0.29, 0.717) is 22.6 Å². The lowest BCUT2D eigenvalue weighted by Crippen LogP contribution is -2.11. The molecule has 0 radical (unpaired) electrons. The van der Waals surface area contributed by atoms with Gasteiger partial charge in [0.2, 0.25) is 11.8 Å². The molecule has 0 N–H and O–H groups in total. The molecule has 4 rings (SSSR count). The summed E-state index contributed by atoms with van der Waals surface area (Å²) in [5, 5.41) is 18.5. The van der Waals surface area contributed by atoms with Gasteiger partial charge in [-0.15, -0.1) is 20.4 Å². The summed E-state index contributed by atoms with van der Waals surface area (Å²) in [6.45, 7) is 6.11. The van der Waals surface area contributed by atoms with Crippen LogP contribution in [0.2, 0.25) is 5.02 Å². The van der Waals surface area contributed by atoms with E-state index in [1.54, 1.807) is 12.4 Å². The lowest BCUT2D eigenvalue weighted by atomic mass is 9.97. The highest BCUT2D eigenvalue weighted by atomic mass is 35.5. The number of aromatic nitrogens is 6. The van der Waals surface area contributed by atoms with Gasteiger partial charge in [-0.2, -0.15) is 0 Å². The van der Waals surface area contributed by atoms with Crippen LogP contribution in [0.1, 0.15) is 32.6 Å². The van der Waals surface area contributed by atoms with E-state index in [1.807, 2.05) is 61.7 Å². The molecule has 4 aromatic rings. The molecule has 3 aromatic heterocycles. The molecule has 1 aromatic carbocycles. The van der Waals surface area contributed by atoms with Gasteiger partial charge in [0.1, 0.15) is 0 Å². The number of thioether (sulfide) groups is 1. The number of halogens is 1. The van der Waals surface area contributed by atoms with Crippen molar-refractivity contribution in [3.8, 4) is 17.1 Å². The first-order valence-electron chi connectivity index (χ1n) is 8.99. The maximum Gasteiger partial charge on any atom is 0.226 e.